The van der Waals surface area contributed by atoms with Gasteiger partial charge in [-0.25, -0.2) is 4.79 Å². The van der Waals surface area contributed by atoms with Gasteiger partial charge in [-0.3, -0.25) is 19.4 Å². The first-order valence-electron chi connectivity index (χ1n) is 10.9. The Bertz CT molecular complexity index is 700. The SMILES string of the molecule is CC(O)C(NC(=O)C(CCCN=C(N)N)NC(=O)C(CCCCN)NC(=O)C(N)CO)C(=O)O. The van der Waals surface area contributed by atoms with Crippen molar-refractivity contribution in [3.63, 3.8) is 0 Å². The highest BCUT2D eigenvalue weighted by atomic mass is 16.4. The molecule has 15 heteroatoms. The Balaban J connectivity index is 5.56. The summed E-state index contributed by atoms with van der Waals surface area (Å²) >= 11 is 0. The van der Waals surface area contributed by atoms with Crippen LogP contribution in [0.4, 0.5) is 0 Å². The predicted molar refractivity (Wildman–Crippen MR) is 123 cm³/mol. The molecule has 0 spiro atoms. The fourth-order valence-electron chi connectivity index (χ4n) is 2.81. The fourth-order valence-corrected chi connectivity index (χ4v) is 2.81. The molecule has 34 heavy (non-hydrogen) atoms. The first-order valence-corrected chi connectivity index (χ1v) is 10.9. The zero-order valence-corrected chi connectivity index (χ0v) is 19.3. The Morgan fingerprint density at radius 2 is 1.44 bits per heavy atom. The van der Waals surface area contributed by atoms with Crippen molar-refractivity contribution in [2.24, 2.45) is 27.9 Å². The first kappa shape index (κ1) is 31.0. The number of aliphatic carboxylic acids is 1. The van der Waals surface area contributed by atoms with Crippen molar-refractivity contribution in [3.05, 3.63) is 0 Å². The maximum absolute atomic E-state index is 12.9. The molecule has 5 unspecified atom stereocenters. The average molecular weight is 491 g/mol. The van der Waals surface area contributed by atoms with Gasteiger partial charge in [-0.2, -0.15) is 0 Å². The second kappa shape index (κ2) is 16.6. The van der Waals surface area contributed by atoms with Gasteiger partial charge in [0.15, 0.2) is 12.0 Å². The third-order valence-electron chi connectivity index (χ3n) is 4.74. The number of hydrogen-bond acceptors (Lipinski definition) is 9. The third kappa shape index (κ3) is 12.3. The highest BCUT2D eigenvalue weighted by Crippen LogP contribution is 2.06. The standard InChI is InChI=1S/C19H38N8O7/c1-10(29)14(18(33)34)27-17(32)13(6-4-8-24-19(22)23)26-16(31)12(5-2-3-7-20)25-15(30)11(21)9-28/h10-14,28-29H,2-9,20-21H2,1H3,(H,25,30)(H,26,31)(H,27,32)(H,33,34)(H4,22,23,24). The van der Waals surface area contributed by atoms with Gasteiger partial charge >= 0.3 is 5.97 Å². The summed E-state index contributed by atoms with van der Waals surface area (Å²) in [6.45, 7) is 1.07. The summed E-state index contributed by atoms with van der Waals surface area (Å²) < 4.78 is 0. The number of aliphatic imine (C=N–C) groups is 1. The van der Waals surface area contributed by atoms with Gasteiger partial charge in [0.1, 0.15) is 18.1 Å². The molecule has 0 aliphatic carbocycles. The summed E-state index contributed by atoms with van der Waals surface area (Å²) in [6, 6.07) is -5.16. The Morgan fingerprint density at radius 1 is 0.912 bits per heavy atom. The smallest absolute Gasteiger partial charge is 0.328 e. The van der Waals surface area contributed by atoms with E-state index in [1.54, 1.807) is 0 Å². The zero-order valence-electron chi connectivity index (χ0n) is 19.3. The van der Waals surface area contributed by atoms with Gasteiger partial charge in [-0.1, -0.05) is 0 Å². The molecule has 0 saturated heterocycles. The van der Waals surface area contributed by atoms with Crippen LogP contribution in [0.2, 0.25) is 0 Å². The van der Waals surface area contributed by atoms with E-state index in [1.165, 1.54) is 6.92 Å². The number of guanidine groups is 1. The van der Waals surface area contributed by atoms with Crippen LogP contribution in [0.1, 0.15) is 39.0 Å². The molecule has 0 bridgehead atoms. The number of aliphatic hydroxyl groups excluding tert-OH is 2. The molecule has 0 rings (SSSR count). The van der Waals surface area contributed by atoms with Crippen molar-refractivity contribution in [3.8, 4) is 0 Å². The summed E-state index contributed by atoms with van der Waals surface area (Å²) in [7, 11) is 0. The highest BCUT2D eigenvalue weighted by molar-refractivity contribution is 5.94. The second-order valence-electron chi connectivity index (χ2n) is 7.71. The number of carboxylic acids is 1. The number of amides is 3. The topological polar surface area (TPSA) is 282 Å². The van der Waals surface area contributed by atoms with E-state index in [9.17, 15) is 29.4 Å². The van der Waals surface area contributed by atoms with E-state index < -0.39 is 60.6 Å². The van der Waals surface area contributed by atoms with Gasteiger partial charge in [-0.15, -0.1) is 0 Å². The number of hydrogen-bond donors (Lipinski definition) is 10. The van der Waals surface area contributed by atoms with Crippen LogP contribution in [0.5, 0.6) is 0 Å². The van der Waals surface area contributed by atoms with E-state index in [-0.39, 0.29) is 31.8 Å². The maximum Gasteiger partial charge on any atom is 0.328 e. The number of carbonyl (C=O) groups is 4. The number of nitrogens with one attached hydrogen (secondary N) is 3. The molecule has 14 N–H and O–H groups in total. The minimum Gasteiger partial charge on any atom is -0.480 e. The molecule has 0 saturated carbocycles. The summed E-state index contributed by atoms with van der Waals surface area (Å²) in [5.74, 6) is -3.96. The quantitative estimate of drug-likeness (QED) is 0.0525. The molecule has 0 aliphatic rings. The summed E-state index contributed by atoms with van der Waals surface area (Å²) in [5, 5.41) is 35.0. The second-order valence-corrected chi connectivity index (χ2v) is 7.71. The van der Waals surface area contributed by atoms with E-state index >= 15 is 0 Å². The van der Waals surface area contributed by atoms with Gasteiger partial charge < -0.3 is 54.2 Å². The number of nitrogens with zero attached hydrogens (tertiary/aromatic N) is 1. The monoisotopic (exact) mass is 490 g/mol. The van der Waals surface area contributed by atoms with Crippen LogP contribution in [-0.2, 0) is 19.2 Å². The van der Waals surface area contributed by atoms with Crippen molar-refractivity contribution in [2.75, 3.05) is 19.7 Å². The van der Waals surface area contributed by atoms with Gasteiger partial charge in [0, 0.05) is 6.54 Å². The lowest BCUT2D eigenvalue weighted by atomic mass is 10.0. The molecule has 0 aromatic carbocycles. The van der Waals surface area contributed by atoms with Crippen LogP contribution in [0.25, 0.3) is 0 Å². The van der Waals surface area contributed by atoms with E-state index in [0.29, 0.717) is 19.4 Å². The minimum absolute atomic E-state index is 0.0279. The first-order chi connectivity index (χ1) is 15.9. The van der Waals surface area contributed by atoms with Crippen LogP contribution in [0.3, 0.4) is 0 Å². The molecular formula is C19H38N8O7. The van der Waals surface area contributed by atoms with E-state index in [2.05, 4.69) is 20.9 Å². The van der Waals surface area contributed by atoms with E-state index in [0.717, 1.165) is 0 Å². The van der Waals surface area contributed by atoms with Gasteiger partial charge in [0.2, 0.25) is 17.7 Å². The third-order valence-corrected chi connectivity index (χ3v) is 4.74. The van der Waals surface area contributed by atoms with Gasteiger partial charge in [0.25, 0.3) is 0 Å². The van der Waals surface area contributed by atoms with Crippen LogP contribution in [0, 0.1) is 0 Å². The Kier molecular flexibility index (Phi) is 15.1. The van der Waals surface area contributed by atoms with Gasteiger partial charge in [-0.05, 0) is 45.6 Å². The maximum atomic E-state index is 12.9. The molecule has 15 nitrogen and oxygen atoms in total. The summed E-state index contributed by atoms with van der Waals surface area (Å²) in [4.78, 5) is 52.9. The lowest BCUT2D eigenvalue weighted by Gasteiger charge is -2.25. The predicted octanol–water partition coefficient (Wildman–Crippen LogP) is -4.59. The van der Waals surface area contributed by atoms with Crippen molar-refractivity contribution in [1.29, 1.82) is 0 Å². The molecular weight excluding hydrogens is 452 g/mol. The molecule has 0 aliphatic heterocycles. The number of carbonyl (C=O) groups excluding carboxylic acids is 3. The van der Waals surface area contributed by atoms with Crippen molar-refractivity contribution >= 4 is 29.7 Å². The summed E-state index contributed by atoms with van der Waals surface area (Å²) in [6.07, 6.45) is 0.113. The number of rotatable bonds is 17. The van der Waals surface area contributed by atoms with Crippen LogP contribution >= 0.6 is 0 Å². The fraction of sp³-hybridized carbons (Fsp3) is 0.737. The molecule has 0 aromatic rings. The lowest BCUT2D eigenvalue weighted by Crippen LogP contribution is -2.58. The Labute approximate surface area is 197 Å². The molecule has 3 amide bonds. The minimum atomic E-state index is -1.60. The average Bonchev–Trinajstić information content (AvgIpc) is 2.77. The summed E-state index contributed by atoms with van der Waals surface area (Å²) in [5.41, 5.74) is 21.5. The number of carboxylic acid groups (broad SMARTS) is 1. The van der Waals surface area contributed by atoms with Crippen molar-refractivity contribution in [2.45, 2.75) is 69.3 Å². The highest BCUT2D eigenvalue weighted by Gasteiger charge is 2.31. The molecule has 0 radical (unpaired) electrons. The molecule has 0 aromatic heterocycles. The lowest BCUT2D eigenvalue weighted by molar-refractivity contribution is -0.145. The molecule has 0 heterocycles. The molecule has 5 atom stereocenters. The molecule has 0 fully saturated rings. The van der Waals surface area contributed by atoms with Crippen LogP contribution in [-0.4, -0.2) is 94.9 Å². The normalized spacial score (nSPS) is 15.2. The number of unbranched alkanes of at least 4 members (excludes halogenated alkanes) is 1. The van der Waals surface area contributed by atoms with Gasteiger partial charge in [0.05, 0.1) is 12.7 Å². The number of nitrogens with two attached hydrogens (primary N) is 4. The van der Waals surface area contributed by atoms with Crippen molar-refractivity contribution in [1.82, 2.24) is 16.0 Å². The largest absolute Gasteiger partial charge is 0.480 e. The Morgan fingerprint density at radius 3 is 1.91 bits per heavy atom. The van der Waals surface area contributed by atoms with E-state index in [1.807, 2.05) is 0 Å². The molecule has 196 valence electrons. The van der Waals surface area contributed by atoms with Crippen molar-refractivity contribution < 1.29 is 34.5 Å². The van der Waals surface area contributed by atoms with E-state index in [4.69, 9.17) is 28.0 Å². The number of aliphatic hydroxyl groups is 2. The van der Waals surface area contributed by atoms with Crippen LogP contribution < -0.4 is 38.9 Å². The zero-order chi connectivity index (χ0) is 26.3. The Hall–Kier alpha value is -3.01. The van der Waals surface area contributed by atoms with Crippen LogP contribution in [0.15, 0.2) is 4.99 Å².